The van der Waals surface area contributed by atoms with Crippen LogP contribution in [-0.2, 0) is 14.4 Å². The largest absolute Gasteiger partial charge is 0.480 e. The van der Waals surface area contributed by atoms with Gasteiger partial charge < -0.3 is 15.3 Å². The average Bonchev–Trinajstić information content (AvgIpc) is 2.97. The highest BCUT2D eigenvalue weighted by atomic mass is 19.1. The molecule has 124 valence electrons. The lowest BCUT2D eigenvalue weighted by Gasteiger charge is -2.35. The summed E-state index contributed by atoms with van der Waals surface area (Å²) < 4.78 is 13.9. The first kappa shape index (κ1) is 16.7. The maximum Gasteiger partial charge on any atom is 0.326 e. The van der Waals surface area contributed by atoms with E-state index in [9.17, 15) is 23.9 Å². The molecule has 0 aromatic carbocycles. The Kier molecular flexibility index (Phi) is 4.19. The molecule has 1 aliphatic heterocycles. The van der Waals surface area contributed by atoms with Crippen molar-refractivity contribution in [3.8, 4) is 0 Å². The van der Waals surface area contributed by atoms with Crippen LogP contribution in [0.4, 0.5) is 4.39 Å². The van der Waals surface area contributed by atoms with E-state index in [4.69, 9.17) is 0 Å². The molecule has 0 aromatic heterocycles. The fraction of sp³-hybridized carbons (Fsp3) is 0.800. The van der Waals surface area contributed by atoms with Gasteiger partial charge in [0.2, 0.25) is 5.91 Å². The van der Waals surface area contributed by atoms with Crippen LogP contribution in [0.1, 0.15) is 46.5 Å². The van der Waals surface area contributed by atoms with Gasteiger partial charge in [0.05, 0.1) is 0 Å². The maximum atomic E-state index is 13.9. The van der Waals surface area contributed by atoms with E-state index in [1.807, 2.05) is 0 Å². The summed E-state index contributed by atoms with van der Waals surface area (Å²) in [4.78, 5) is 37.2. The molecule has 2 rings (SSSR count). The van der Waals surface area contributed by atoms with Crippen LogP contribution in [0.15, 0.2) is 0 Å². The predicted molar refractivity (Wildman–Crippen MR) is 76.8 cm³/mol. The standard InChI is InChI=1S/C15H23FN2O4/c1-14(2,3)10(17-13(22)15(16)6-7-15)11(19)18-8-4-5-9(18)12(20)21/h9-10H,4-8H2,1-3H3,(H,17,22)(H,20,21). The van der Waals surface area contributed by atoms with Crippen LogP contribution in [-0.4, -0.2) is 52.1 Å². The lowest BCUT2D eigenvalue weighted by Crippen LogP contribution is -2.58. The first-order chi connectivity index (χ1) is 10.1. The summed E-state index contributed by atoms with van der Waals surface area (Å²) in [5, 5.41) is 11.7. The third-order valence-electron chi connectivity index (χ3n) is 4.31. The predicted octanol–water partition coefficient (Wildman–Crippen LogP) is 1.09. The number of halogens is 1. The zero-order valence-corrected chi connectivity index (χ0v) is 13.2. The zero-order chi connectivity index (χ0) is 16.7. The molecule has 7 heteroatoms. The van der Waals surface area contributed by atoms with Crippen molar-refractivity contribution in [3.63, 3.8) is 0 Å². The van der Waals surface area contributed by atoms with E-state index in [-0.39, 0.29) is 12.8 Å². The second-order valence-electron chi connectivity index (χ2n) is 7.27. The minimum Gasteiger partial charge on any atom is -0.480 e. The maximum absolute atomic E-state index is 13.9. The molecule has 2 unspecified atom stereocenters. The number of nitrogens with zero attached hydrogens (tertiary/aromatic N) is 1. The number of alkyl halides is 1. The number of hydrogen-bond acceptors (Lipinski definition) is 3. The Morgan fingerprint density at radius 3 is 2.36 bits per heavy atom. The highest BCUT2D eigenvalue weighted by molar-refractivity contribution is 5.94. The summed E-state index contributed by atoms with van der Waals surface area (Å²) >= 11 is 0. The Morgan fingerprint density at radius 2 is 1.91 bits per heavy atom. The van der Waals surface area contributed by atoms with Gasteiger partial charge in [-0.3, -0.25) is 9.59 Å². The van der Waals surface area contributed by atoms with Crippen LogP contribution in [0.5, 0.6) is 0 Å². The van der Waals surface area contributed by atoms with E-state index in [0.29, 0.717) is 19.4 Å². The number of carboxylic acids is 1. The van der Waals surface area contributed by atoms with Crippen molar-refractivity contribution in [3.05, 3.63) is 0 Å². The number of hydrogen-bond donors (Lipinski definition) is 2. The van der Waals surface area contributed by atoms with Crippen molar-refractivity contribution in [2.75, 3.05) is 6.54 Å². The normalized spacial score (nSPS) is 24.7. The van der Waals surface area contributed by atoms with E-state index in [1.54, 1.807) is 20.8 Å². The van der Waals surface area contributed by atoms with E-state index < -0.39 is 41.0 Å². The molecule has 0 aromatic rings. The van der Waals surface area contributed by atoms with Gasteiger partial charge in [0.15, 0.2) is 5.67 Å². The number of amides is 2. The number of carbonyl (C=O) groups is 3. The van der Waals surface area contributed by atoms with E-state index in [2.05, 4.69) is 5.32 Å². The topological polar surface area (TPSA) is 86.7 Å². The lowest BCUT2D eigenvalue weighted by molar-refractivity contribution is -0.151. The Hall–Kier alpha value is -1.66. The first-order valence-electron chi connectivity index (χ1n) is 7.59. The molecular weight excluding hydrogens is 291 g/mol. The molecule has 1 aliphatic carbocycles. The third kappa shape index (κ3) is 3.23. The molecule has 0 radical (unpaired) electrons. The van der Waals surface area contributed by atoms with Crippen molar-refractivity contribution in [2.45, 2.75) is 64.2 Å². The van der Waals surface area contributed by atoms with Gasteiger partial charge in [0.25, 0.3) is 5.91 Å². The Balaban J connectivity index is 2.16. The van der Waals surface area contributed by atoms with Crippen molar-refractivity contribution in [1.82, 2.24) is 10.2 Å². The van der Waals surface area contributed by atoms with Crippen LogP contribution in [0.2, 0.25) is 0 Å². The molecule has 2 fully saturated rings. The molecule has 22 heavy (non-hydrogen) atoms. The van der Waals surface area contributed by atoms with Gasteiger partial charge in [-0.1, -0.05) is 20.8 Å². The number of carboxylic acid groups (broad SMARTS) is 1. The van der Waals surface area contributed by atoms with E-state index >= 15 is 0 Å². The summed E-state index contributed by atoms with van der Waals surface area (Å²) in [6.45, 7) is 5.64. The van der Waals surface area contributed by atoms with Crippen LogP contribution in [0, 0.1) is 5.41 Å². The Bertz CT molecular complexity index is 496. The smallest absolute Gasteiger partial charge is 0.326 e. The molecule has 1 saturated heterocycles. The Morgan fingerprint density at radius 1 is 1.32 bits per heavy atom. The summed E-state index contributed by atoms with van der Waals surface area (Å²) in [7, 11) is 0. The van der Waals surface area contributed by atoms with Gasteiger partial charge in [-0.15, -0.1) is 0 Å². The summed E-state index contributed by atoms with van der Waals surface area (Å²) in [5.41, 5.74) is -2.50. The molecule has 0 spiro atoms. The minimum absolute atomic E-state index is 0.172. The lowest BCUT2D eigenvalue weighted by atomic mass is 9.85. The molecule has 2 N–H and O–H groups in total. The van der Waals surface area contributed by atoms with Crippen molar-refractivity contribution in [1.29, 1.82) is 0 Å². The summed E-state index contributed by atoms with van der Waals surface area (Å²) in [6, 6.07) is -1.80. The fourth-order valence-electron chi connectivity index (χ4n) is 2.70. The molecular formula is C15H23FN2O4. The van der Waals surface area contributed by atoms with Crippen molar-refractivity contribution in [2.24, 2.45) is 5.41 Å². The minimum atomic E-state index is -1.86. The van der Waals surface area contributed by atoms with Gasteiger partial charge in [-0.2, -0.15) is 0 Å². The summed E-state index contributed by atoms with van der Waals surface area (Å²) in [5.74, 6) is -2.27. The number of likely N-dealkylation sites (tertiary alicyclic amines) is 1. The van der Waals surface area contributed by atoms with E-state index in [0.717, 1.165) is 0 Å². The van der Waals surface area contributed by atoms with Crippen molar-refractivity contribution >= 4 is 17.8 Å². The van der Waals surface area contributed by atoms with Gasteiger partial charge in [-0.25, -0.2) is 9.18 Å². The monoisotopic (exact) mass is 314 g/mol. The number of rotatable bonds is 4. The molecule has 6 nitrogen and oxygen atoms in total. The second kappa shape index (κ2) is 5.52. The number of aliphatic carboxylic acids is 1. The first-order valence-corrected chi connectivity index (χ1v) is 7.59. The van der Waals surface area contributed by atoms with Gasteiger partial charge in [0.1, 0.15) is 12.1 Å². The fourth-order valence-corrected chi connectivity index (χ4v) is 2.70. The molecule has 1 heterocycles. The molecule has 2 aliphatic rings. The highest BCUT2D eigenvalue weighted by Gasteiger charge is 2.53. The van der Waals surface area contributed by atoms with Crippen LogP contribution < -0.4 is 5.32 Å². The quantitative estimate of drug-likeness (QED) is 0.813. The average molecular weight is 314 g/mol. The van der Waals surface area contributed by atoms with Gasteiger partial charge >= 0.3 is 5.97 Å². The highest BCUT2D eigenvalue weighted by Crippen LogP contribution is 2.40. The number of nitrogens with one attached hydrogen (secondary N) is 1. The Labute approximate surface area is 129 Å². The third-order valence-corrected chi connectivity index (χ3v) is 4.31. The molecule has 2 amide bonds. The molecule has 1 saturated carbocycles. The van der Waals surface area contributed by atoms with Gasteiger partial charge in [-0.05, 0) is 31.1 Å². The zero-order valence-electron chi connectivity index (χ0n) is 13.2. The number of carbonyl (C=O) groups excluding carboxylic acids is 2. The molecule has 2 atom stereocenters. The van der Waals surface area contributed by atoms with Crippen LogP contribution in [0.25, 0.3) is 0 Å². The van der Waals surface area contributed by atoms with Crippen LogP contribution >= 0.6 is 0 Å². The van der Waals surface area contributed by atoms with Crippen LogP contribution in [0.3, 0.4) is 0 Å². The molecule has 0 bridgehead atoms. The van der Waals surface area contributed by atoms with Crippen molar-refractivity contribution < 1.29 is 23.9 Å². The SMILES string of the molecule is CC(C)(C)C(NC(=O)C1(F)CC1)C(=O)N1CCCC1C(=O)O. The summed E-state index contributed by atoms with van der Waals surface area (Å²) in [6.07, 6.45) is 1.36. The van der Waals surface area contributed by atoms with Gasteiger partial charge in [0, 0.05) is 6.54 Å². The second-order valence-corrected chi connectivity index (χ2v) is 7.27. The van der Waals surface area contributed by atoms with E-state index in [1.165, 1.54) is 4.90 Å².